The molecule has 0 aliphatic carbocycles. The number of hydrogen-bond acceptors (Lipinski definition) is 4. The van der Waals surface area contributed by atoms with Crippen LogP contribution in [0.25, 0.3) is 6.08 Å². The topological polar surface area (TPSA) is 65.5 Å². The first-order valence-corrected chi connectivity index (χ1v) is 9.12. The van der Waals surface area contributed by atoms with E-state index in [9.17, 15) is 9.59 Å². The number of rotatable bonds is 5. The van der Waals surface area contributed by atoms with E-state index in [1.165, 1.54) is 6.08 Å². The zero-order chi connectivity index (χ0) is 19.1. The molecule has 0 saturated carbocycles. The summed E-state index contributed by atoms with van der Waals surface area (Å²) in [6, 6.07) is 14.8. The molecule has 0 unspecified atom stereocenters. The molecule has 1 aromatic carbocycles. The first-order chi connectivity index (χ1) is 13.1. The average Bonchev–Trinajstić information content (AvgIpc) is 2.73. The first kappa shape index (κ1) is 18.6. The molecule has 6 heteroatoms. The lowest BCUT2D eigenvalue weighted by molar-refractivity contribution is -0.135. The van der Waals surface area contributed by atoms with Crippen LogP contribution >= 0.6 is 0 Å². The van der Waals surface area contributed by atoms with Gasteiger partial charge in [-0.15, -0.1) is 0 Å². The number of nitrogens with one attached hydrogen (secondary N) is 1. The van der Waals surface area contributed by atoms with Crippen LogP contribution < -0.4 is 10.2 Å². The van der Waals surface area contributed by atoms with Crippen LogP contribution in [0.2, 0.25) is 0 Å². The fourth-order valence-corrected chi connectivity index (χ4v) is 3.03. The molecule has 0 spiro atoms. The smallest absolute Gasteiger partial charge is 0.244 e. The van der Waals surface area contributed by atoms with Crippen LogP contribution in [-0.4, -0.2) is 53.9 Å². The molecule has 0 bridgehead atoms. The van der Waals surface area contributed by atoms with Crippen LogP contribution in [0.4, 0.5) is 5.82 Å². The Morgan fingerprint density at radius 3 is 2.41 bits per heavy atom. The molecule has 140 valence electrons. The molecule has 2 aromatic rings. The molecule has 1 aliphatic rings. The predicted molar refractivity (Wildman–Crippen MR) is 106 cm³/mol. The van der Waals surface area contributed by atoms with Gasteiger partial charge < -0.3 is 15.1 Å². The molecule has 1 aliphatic heterocycles. The summed E-state index contributed by atoms with van der Waals surface area (Å²) in [4.78, 5) is 33.0. The van der Waals surface area contributed by atoms with Gasteiger partial charge in [-0.2, -0.15) is 0 Å². The van der Waals surface area contributed by atoms with Crippen LogP contribution in [-0.2, 0) is 9.59 Å². The number of amides is 2. The second kappa shape index (κ2) is 8.98. The third-order valence-corrected chi connectivity index (χ3v) is 4.52. The Hall–Kier alpha value is -3.15. The number of pyridine rings is 1. The van der Waals surface area contributed by atoms with Crippen molar-refractivity contribution in [3.63, 3.8) is 0 Å². The summed E-state index contributed by atoms with van der Waals surface area (Å²) in [5.41, 5.74) is 0.942. The summed E-state index contributed by atoms with van der Waals surface area (Å²) in [6.07, 6.45) is 4.96. The Labute approximate surface area is 159 Å². The lowest BCUT2D eigenvalue weighted by Crippen LogP contribution is -2.54. The highest BCUT2D eigenvalue weighted by atomic mass is 16.2. The molecule has 2 amide bonds. The Morgan fingerprint density at radius 2 is 1.74 bits per heavy atom. The van der Waals surface area contributed by atoms with Gasteiger partial charge in [0.1, 0.15) is 11.9 Å². The van der Waals surface area contributed by atoms with Crippen molar-refractivity contribution in [2.24, 2.45) is 0 Å². The predicted octanol–water partition coefficient (Wildman–Crippen LogP) is 1.95. The van der Waals surface area contributed by atoms with Gasteiger partial charge >= 0.3 is 0 Å². The number of anilines is 1. The van der Waals surface area contributed by atoms with E-state index < -0.39 is 6.04 Å². The molecule has 27 heavy (non-hydrogen) atoms. The maximum absolute atomic E-state index is 12.6. The molecule has 1 fully saturated rings. The van der Waals surface area contributed by atoms with Crippen molar-refractivity contribution in [2.75, 3.05) is 31.1 Å². The van der Waals surface area contributed by atoms with Crippen LogP contribution in [0.5, 0.6) is 0 Å². The van der Waals surface area contributed by atoms with Gasteiger partial charge in [0, 0.05) is 38.5 Å². The molecule has 2 heterocycles. The molecule has 1 atom stereocenters. The number of carbonyl (C=O) groups excluding carboxylic acids is 2. The van der Waals surface area contributed by atoms with Crippen molar-refractivity contribution in [1.29, 1.82) is 0 Å². The Bertz CT molecular complexity index is 784. The maximum atomic E-state index is 12.6. The zero-order valence-corrected chi connectivity index (χ0v) is 15.4. The second-order valence-corrected chi connectivity index (χ2v) is 6.47. The monoisotopic (exact) mass is 364 g/mol. The van der Waals surface area contributed by atoms with Crippen LogP contribution in [0.15, 0.2) is 60.8 Å². The van der Waals surface area contributed by atoms with Gasteiger partial charge in [0.2, 0.25) is 11.8 Å². The highest BCUT2D eigenvalue weighted by Gasteiger charge is 2.25. The number of piperazine rings is 1. The molecule has 0 radical (unpaired) electrons. The van der Waals surface area contributed by atoms with E-state index in [1.54, 1.807) is 24.1 Å². The fraction of sp³-hybridized carbons (Fsp3) is 0.286. The van der Waals surface area contributed by atoms with Crippen LogP contribution in [0.1, 0.15) is 12.5 Å². The van der Waals surface area contributed by atoms with E-state index in [0.717, 1.165) is 24.5 Å². The van der Waals surface area contributed by atoms with Crippen LogP contribution in [0, 0.1) is 0 Å². The molecule has 1 aromatic heterocycles. The quantitative estimate of drug-likeness (QED) is 0.824. The molecule has 6 nitrogen and oxygen atoms in total. The highest BCUT2D eigenvalue weighted by Crippen LogP contribution is 2.13. The van der Waals surface area contributed by atoms with Gasteiger partial charge in [-0.25, -0.2) is 4.98 Å². The molecular weight excluding hydrogens is 340 g/mol. The largest absolute Gasteiger partial charge is 0.353 e. The summed E-state index contributed by atoms with van der Waals surface area (Å²) in [7, 11) is 0. The Kier molecular flexibility index (Phi) is 6.20. The van der Waals surface area contributed by atoms with E-state index in [2.05, 4.69) is 15.2 Å². The minimum absolute atomic E-state index is 0.0582. The summed E-state index contributed by atoms with van der Waals surface area (Å²) in [5, 5.41) is 2.75. The fourth-order valence-electron chi connectivity index (χ4n) is 3.03. The third-order valence-electron chi connectivity index (χ3n) is 4.52. The van der Waals surface area contributed by atoms with Crippen molar-refractivity contribution < 1.29 is 9.59 Å². The number of nitrogens with zero attached hydrogens (tertiary/aromatic N) is 3. The van der Waals surface area contributed by atoms with Gasteiger partial charge in [0.05, 0.1) is 0 Å². The van der Waals surface area contributed by atoms with E-state index in [-0.39, 0.29) is 11.8 Å². The second-order valence-electron chi connectivity index (χ2n) is 6.47. The standard InChI is InChI=1S/C21H24N4O2/c1-17(23-20(26)11-10-18-7-3-2-4-8-18)21(27)25-15-13-24(14-16-25)19-9-5-6-12-22-19/h2-12,17H,13-16H2,1H3,(H,23,26)/b11-10+/t17-/m1/s1. The van der Waals surface area contributed by atoms with Gasteiger partial charge in [-0.3, -0.25) is 9.59 Å². The van der Waals surface area contributed by atoms with E-state index in [0.29, 0.717) is 13.1 Å². The normalized spacial score (nSPS) is 15.6. The van der Waals surface area contributed by atoms with Gasteiger partial charge in [0.15, 0.2) is 0 Å². The third kappa shape index (κ3) is 5.17. The summed E-state index contributed by atoms with van der Waals surface area (Å²) < 4.78 is 0. The lowest BCUT2D eigenvalue weighted by Gasteiger charge is -2.36. The number of benzene rings is 1. The highest BCUT2D eigenvalue weighted by molar-refractivity contribution is 5.95. The number of aromatic nitrogens is 1. The minimum atomic E-state index is -0.556. The Morgan fingerprint density at radius 1 is 1.04 bits per heavy atom. The maximum Gasteiger partial charge on any atom is 0.244 e. The molecular formula is C21H24N4O2. The van der Waals surface area contributed by atoms with Crippen molar-refractivity contribution in [3.8, 4) is 0 Å². The van der Waals surface area contributed by atoms with E-state index >= 15 is 0 Å². The Balaban J connectivity index is 1.48. The van der Waals surface area contributed by atoms with Crippen molar-refractivity contribution in [1.82, 2.24) is 15.2 Å². The van der Waals surface area contributed by atoms with E-state index in [1.807, 2.05) is 48.5 Å². The summed E-state index contributed by atoms with van der Waals surface area (Å²) >= 11 is 0. The summed E-state index contributed by atoms with van der Waals surface area (Å²) in [5.74, 6) is 0.598. The van der Waals surface area contributed by atoms with Crippen molar-refractivity contribution >= 4 is 23.7 Å². The zero-order valence-electron chi connectivity index (χ0n) is 15.4. The molecule has 1 N–H and O–H groups in total. The number of hydrogen-bond donors (Lipinski definition) is 1. The first-order valence-electron chi connectivity index (χ1n) is 9.12. The van der Waals surface area contributed by atoms with Gasteiger partial charge in [0.25, 0.3) is 0 Å². The molecule has 3 rings (SSSR count). The van der Waals surface area contributed by atoms with Gasteiger partial charge in [-0.05, 0) is 30.7 Å². The average molecular weight is 364 g/mol. The van der Waals surface area contributed by atoms with Gasteiger partial charge in [-0.1, -0.05) is 36.4 Å². The van der Waals surface area contributed by atoms with Crippen molar-refractivity contribution in [2.45, 2.75) is 13.0 Å². The van der Waals surface area contributed by atoms with Crippen molar-refractivity contribution in [3.05, 3.63) is 66.4 Å². The number of carbonyl (C=O) groups is 2. The lowest BCUT2D eigenvalue weighted by atomic mass is 10.2. The van der Waals surface area contributed by atoms with Crippen LogP contribution in [0.3, 0.4) is 0 Å². The summed E-state index contributed by atoms with van der Waals surface area (Å²) in [6.45, 7) is 4.43. The van der Waals surface area contributed by atoms with E-state index in [4.69, 9.17) is 0 Å². The minimum Gasteiger partial charge on any atom is -0.353 e. The molecule has 1 saturated heterocycles. The SMILES string of the molecule is C[C@@H](NC(=O)/C=C/c1ccccc1)C(=O)N1CCN(c2ccccn2)CC1.